The minimum absolute atomic E-state index is 0. The van der Waals surface area contributed by atoms with Crippen LogP contribution in [0.3, 0.4) is 0 Å². The molecule has 6 nitrogen and oxygen atoms in total. The number of carbonyl (C=O) groups excluding carboxylic acids is 1. The number of fused-ring (bicyclic) bond motifs is 1. The number of rotatable bonds is 6. The first-order valence-corrected chi connectivity index (χ1v) is 12.0. The zero-order chi connectivity index (χ0) is 20.2. The molecule has 2 unspecified atom stereocenters. The molecule has 1 aliphatic carbocycles. The number of piperidine rings is 2. The van der Waals surface area contributed by atoms with Crippen LogP contribution in [0.5, 0.6) is 0 Å². The smallest absolute Gasteiger partial charge is 0.243 e. The van der Waals surface area contributed by atoms with Crippen molar-refractivity contribution in [3.8, 4) is 0 Å². The van der Waals surface area contributed by atoms with E-state index in [0.717, 1.165) is 50.0 Å². The van der Waals surface area contributed by atoms with Crippen LogP contribution >= 0.6 is 35.3 Å². The van der Waals surface area contributed by atoms with Crippen molar-refractivity contribution in [3.05, 3.63) is 22.4 Å². The number of aliphatic imine (C=N–C) groups is 1. The third-order valence-electron chi connectivity index (χ3n) is 6.52. The molecular weight excluding hydrogens is 509 g/mol. The van der Waals surface area contributed by atoms with Gasteiger partial charge in [-0.3, -0.25) is 9.69 Å². The first-order chi connectivity index (χ1) is 14.1. The fraction of sp³-hybridized carbons (Fsp3) is 0.727. The molecule has 2 saturated heterocycles. The van der Waals surface area contributed by atoms with E-state index in [2.05, 4.69) is 32.6 Å². The van der Waals surface area contributed by atoms with Crippen LogP contribution in [0.1, 0.15) is 37.0 Å². The van der Waals surface area contributed by atoms with Crippen molar-refractivity contribution >= 4 is 47.2 Å². The lowest BCUT2D eigenvalue weighted by Crippen LogP contribution is -2.57. The van der Waals surface area contributed by atoms with Crippen LogP contribution in [0.4, 0.5) is 0 Å². The Kier molecular flexibility index (Phi) is 8.82. The molecule has 4 rings (SSSR count). The second-order valence-electron chi connectivity index (χ2n) is 8.86. The molecule has 3 aliphatic rings. The fourth-order valence-corrected chi connectivity index (χ4v) is 5.51. The van der Waals surface area contributed by atoms with Crippen LogP contribution in [0.25, 0.3) is 0 Å². The van der Waals surface area contributed by atoms with Crippen LogP contribution in [0.2, 0.25) is 0 Å². The van der Waals surface area contributed by atoms with Crippen LogP contribution in [0, 0.1) is 5.92 Å². The number of halogens is 1. The van der Waals surface area contributed by atoms with Crippen molar-refractivity contribution in [1.29, 1.82) is 0 Å². The Balaban J connectivity index is 0.00000256. The number of carbonyl (C=O) groups is 1. The quantitative estimate of drug-likeness (QED) is 0.340. The van der Waals surface area contributed by atoms with Crippen LogP contribution in [0.15, 0.2) is 22.5 Å². The lowest BCUT2D eigenvalue weighted by atomic mass is 9.83. The molecule has 2 aliphatic heterocycles. The van der Waals surface area contributed by atoms with E-state index in [4.69, 9.17) is 4.99 Å². The van der Waals surface area contributed by atoms with E-state index in [0.29, 0.717) is 0 Å². The molecule has 168 valence electrons. The number of amides is 1. The summed E-state index contributed by atoms with van der Waals surface area (Å²) < 4.78 is 0. The number of likely N-dealkylation sites (tertiary alicyclic amines) is 2. The van der Waals surface area contributed by atoms with Gasteiger partial charge in [0, 0.05) is 50.7 Å². The Morgan fingerprint density at radius 2 is 2.10 bits per heavy atom. The van der Waals surface area contributed by atoms with Gasteiger partial charge in [0.2, 0.25) is 5.91 Å². The Hall–Kier alpha value is -0.870. The third kappa shape index (κ3) is 6.09. The van der Waals surface area contributed by atoms with Crippen molar-refractivity contribution < 1.29 is 4.79 Å². The van der Waals surface area contributed by atoms with E-state index in [9.17, 15) is 4.79 Å². The topological polar surface area (TPSA) is 51.2 Å². The third-order valence-corrected chi connectivity index (χ3v) is 7.46. The minimum atomic E-state index is 0. The Morgan fingerprint density at radius 3 is 2.80 bits per heavy atom. The minimum Gasteiger partial charge on any atom is -0.356 e. The van der Waals surface area contributed by atoms with Gasteiger partial charge in [-0.05, 0) is 62.4 Å². The van der Waals surface area contributed by atoms with Crippen molar-refractivity contribution in [2.75, 3.05) is 46.8 Å². The summed E-state index contributed by atoms with van der Waals surface area (Å²) in [5.74, 6) is 1.70. The lowest BCUT2D eigenvalue weighted by Gasteiger charge is -2.48. The van der Waals surface area contributed by atoms with E-state index in [1.165, 1.54) is 43.5 Å². The molecule has 1 saturated carbocycles. The van der Waals surface area contributed by atoms with Crippen molar-refractivity contribution in [1.82, 2.24) is 20.0 Å². The van der Waals surface area contributed by atoms with Gasteiger partial charge < -0.3 is 15.1 Å². The van der Waals surface area contributed by atoms with Crippen LogP contribution in [-0.4, -0.2) is 85.5 Å². The summed E-state index contributed by atoms with van der Waals surface area (Å²) in [6.45, 7) is 4.46. The van der Waals surface area contributed by atoms with E-state index >= 15 is 0 Å². The molecule has 0 radical (unpaired) electrons. The molecule has 0 spiro atoms. The first kappa shape index (κ1) is 23.8. The SMILES string of the molecule is CN(C)C(=O)CN=C(NCCc1cccs1)N1CCC2C(CCCN2C2CC2)C1.I. The maximum Gasteiger partial charge on any atom is 0.243 e. The fourth-order valence-electron chi connectivity index (χ4n) is 4.80. The second kappa shape index (κ2) is 11.1. The maximum atomic E-state index is 12.1. The predicted molar refractivity (Wildman–Crippen MR) is 135 cm³/mol. The average molecular weight is 546 g/mol. The van der Waals surface area contributed by atoms with E-state index in [-0.39, 0.29) is 36.4 Å². The summed E-state index contributed by atoms with van der Waals surface area (Å²) in [7, 11) is 3.59. The summed E-state index contributed by atoms with van der Waals surface area (Å²) >= 11 is 1.80. The van der Waals surface area contributed by atoms with Gasteiger partial charge in [-0.15, -0.1) is 35.3 Å². The average Bonchev–Trinajstić information content (AvgIpc) is 3.45. The van der Waals surface area contributed by atoms with Crippen molar-refractivity contribution in [3.63, 3.8) is 0 Å². The number of guanidine groups is 1. The number of nitrogens with one attached hydrogen (secondary N) is 1. The predicted octanol–water partition coefficient (Wildman–Crippen LogP) is 2.89. The summed E-state index contributed by atoms with van der Waals surface area (Å²) in [5.41, 5.74) is 0. The van der Waals surface area contributed by atoms with E-state index in [1.807, 2.05) is 0 Å². The van der Waals surface area contributed by atoms with Crippen molar-refractivity contribution in [2.24, 2.45) is 10.9 Å². The largest absolute Gasteiger partial charge is 0.356 e. The Bertz CT molecular complexity index is 706. The molecule has 1 N–H and O–H groups in total. The summed E-state index contributed by atoms with van der Waals surface area (Å²) in [4.78, 5) is 25.1. The monoisotopic (exact) mass is 545 g/mol. The summed E-state index contributed by atoms with van der Waals surface area (Å²) in [6, 6.07) is 5.90. The molecule has 1 amide bonds. The molecule has 2 atom stereocenters. The highest BCUT2D eigenvalue weighted by molar-refractivity contribution is 14.0. The van der Waals surface area contributed by atoms with Gasteiger partial charge >= 0.3 is 0 Å². The van der Waals surface area contributed by atoms with Gasteiger partial charge in [-0.1, -0.05) is 6.07 Å². The highest BCUT2D eigenvalue weighted by Gasteiger charge is 2.42. The molecule has 1 aromatic heterocycles. The molecule has 8 heteroatoms. The number of likely N-dealkylation sites (N-methyl/N-ethyl adjacent to an activating group) is 1. The van der Waals surface area contributed by atoms with Crippen LogP contribution in [-0.2, 0) is 11.2 Å². The van der Waals surface area contributed by atoms with Gasteiger partial charge in [0.05, 0.1) is 0 Å². The molecule has 0 bridgehead atoms. The van der Waals surface area contributed by atoms with Crippen LogP contribution < -0.4 is 5.32 Å². The highest BCUT2D eigenvalue weighted by Crippen LogP contribution is 2.38. The van der Waals surface area contributed by atoms with E-state index < -0.39 is 0 Å². The van der Waals surface area contributed by atoms with E-state index in [1.54, 1.807) is 30.3 Å². The zero-order valence-corrected chi connectivity index (χ0v) is 21.4. The number of hydrogen-bond acceptors (Lipinski definition) is 4. The number of thiophene rings is 1. The molecule has 3 heterocycles. The second-order valence-corrected chi connectivity index (χ2v) is 9.89. The standard InChI is InChI=1S/C22H35N5OS.HI/c1-25(2)21(28)15-24-22(23-11-9-19-6-4-14-29-19)26-13-10-20-17(16-26)5-3-12-27(20)18-7-8-18;/h4,6,14,17-18,20H,3,5,7-13,15-16H2,1-2H3,(H,23,24);1H. The van der Waals surface area contributed by atoms with Gasteiger partial charge in [0.15, 0.2) is 5.96 Å². The van der Waals surface area contributed by atoms with Crippen molar-refractivity contribution in [2.45, 2.75) is 50.6 Å². The van der Waals surface area contributed by atoms with Gasteiger partial charge in [-0.2, -0.15) is 0 Å². The van der Waals surface area contributed by atoms with Gasteiger partial charge in [0.25, 0.3) is 0 Å². The molecule has 0 aromatic carbocycles. The summed E-state index contributed by atoms with van der Waals surface area (Å²) in [5, 5.41) is 5.69. The maximum absolute atomic E-state index is 12.1. The number of hydrogen-bond donors (Lipinski definition) is 1. The first-order valence-electron chi connectivity index (χ1n) is 11.1. The normalized spacial score (nSPS) is 24.7. The Labute approximate surface area is 202 Å². The Morgan fingerprint density at radius 1 is 1.27 bits per heavy atom. The molecule has 1 aromatic rings. The zero-order valence-electron chi connectivity index (χ0n) is 18.3. The van der Waals surface area contributed by atoms with Gasteiger partial charge in [-0.25, -0.2) is 4.99 Å². The van der Waals surface area contributed by atoms with Gasteiger partial charge in [0.1, 0.15) is 6.54 Å². The molecular formula is C22H36IN5OS. The molecule has 30 heavy (non-hydrogen) atoms. The highest BCUT2D eigenvalue weighted by atomic mass is 127. The lowest BCUT2D eigenvalue weighted by molar-refractivity contribution is -0.127. The summed E-state index contributed by atoms with van der Waals surface area (Å²) in [6.07, 6.45) is 7.65. The molecule has 3 fully saturated rings. The number of nitrogens with zero attached hydrogens (tertiary/aromatic N) is 4.